The second-order valence-corrected chi connectivity index (χ2v) is 5.17. The summed E-state index contributed by atoms with van der Waals surface area (Å²) in [4.78, 5) is 0. The van der Waals surface area contributed by atoms with Crippen LogP contribution in [0.1, 0.15) is 58.8 Å². The lowest BCUT2D eigenvalue weighted by molar-refractivity contribution is 0.202. The summed E-state index contributed by atoms with van der Waals surface area (Å²) in [5.41, 5.74) is 5.84. The maximum absolute atomic E-state index is 5.84. The van der Waals surface area contributed by atoms with Crippen molar-refractivity contribution in [2.24, 2.45) is 23.5 Å². The Morgan fingerprint density at radius 1 is 1.21 bits per heavy atom. The molecule has 0 saturated heterocycles. The van der Waals surface area contributed by atoms with Gasteiger partial charge in [-0.05, 0) is 37.1 Å². The summed E-state index contributed by atoms with van der Waals surface area (Å²) in [6.45, 7) is 5.62. The highest BCUT2D eigenvalue weighted by Crippen LogP contribution is 2.34. The van der Waals surface area contributed by atoms with Crippen molar-refractivity contribution >= 4 is 0 Å². The quantitative estimate of drug-likeness (QED) is 0.716. The van der Waals surface area contributed by atoms with Crippen molar-refractivity contribution in [3.05, 3.63) is 0 Å². The first-order valence-corrected chi connectivity index (χ1v) is 6.48. The molecule has 0 aromatic rings. The molecular formula is C13H27N. The number of rotatable bonds is 5. The van der Waals surface area contributed by atoms with E-state index in [1.165, 1.54) is 44.9 Å². The molecule has 0 radical (unpaired) electrons. The van der Waals surface area contributed by atoms with Gasteiger partial charge in [-0.1, -0.05) is 46.0 Å². The highest BCUT2D eigenvalue weighted by atomic mass is 14.6. The van der Waals surface area contributed by atoms with Crippen molar-refractivity contribution in [2.45, 2.75) is 58.8 Å². The molecule has 2 N–H and O–H groups in total. The van der Waals surface area contributed by atoms with E-state index in [9.17, 15) is 0 Å². The minimum absolute atomic E-state index is 0.836. The normalized spacial score (nSPS) is 30.2. The molecule has 84 valence electrons. The second-order valence-electron chi connectivity index (χ2n) is 5.17. The largest absolute Gasteiger partial charge is 0.330 e. The predicted molar refractivity (Wildman–Crippen MR) is 63.2 cm³/mol. The lowest BCUT2D eigenvalue weighted by Crippen LogP contribution is -2.28. The first-order chi connectivity index (χ1) is 6.77. The maximum atomic E-state index is 5.84. The smallest absolute Gasteiger partial charge is 0.00462 e. The van der Waals surface area contributed by atoms with Gasteiger partial charge in [0.1, 0.15) is 0 Å². The highest BCUT2D eigenvalue weighted by molar-refractivity contribution is 4.77. The Bertz CT molecular complexity index is 144. The molecule has 14 heavy (non-hydrogen) atoms. The molecule has 1 aliphatic carbocycles. The van der Waals surface area contributed by atoms with Crippen LogP contribution in [-0.4, -0.2) is 6.54 Å². The van der Waals surface area contributed by atoms with Gasteiger partial charge in [0.2, 0.25) is 0 Å². The molecule has 0 aliphatic heterocycles. The molecule has 0 heterocycles. The molecule has 1 fully saturated rings. The van der Waals surface area contributed by atoms with Gasteiger partial charge in [-0.15, -0.1) is 0 Å². The van der Waals surface area contributed by atoms with E-state index in [2.05, 4.69) is 13.8 Å². The first kappa shape index (κ1) is 12.0. The summed E-state index contributed by atoms with van der Waals surface area (Å²) >= 11 is 0. The van der Waals surface area contributed by atoms with E-state index in [1.807, 2.05) is 0 Å². The van der Waals surface area contributed by atoms with Crippen LogP contribution >= 0.6 is 0 Å². The first-order valence-electron chi connectivity index (χ1n) is 6.48. The van der Waals surface area contributed by atoms with Gasteiger partial charge in [-0.3, -0.25) is 0 Å². The minimum atomic E-state index is 0.836. The summed E-state index contributed by atoms with van der Waals surface area (Å²) in [7, 11) is 0. The monoisotopic (exact) mass is 197 g/mol. The van der Waals surface area contributed by atoms with E-state index < -0.39 is 0 Å². The SMILES string of the molecule is CCCC(C)CC1CCCCC1CN. The van der Waals surface area contributed by atoms with Gasteiger partial charge < -0.3 is 5.73 Å². The van der Waals surface area contributed by atoms with E-state index in [1.54, 1.807) is 0 Å². The van der Waals surface area contributed by atoms with Crippen LogP contribution in [0.5, 0.6) is 0 Å². The summed E-state index contributed by atoms with van der Waals surface area (Å²) in [6, 6.07) is 0. The van der Waals surface area contributed by atoms with E-state index in [-0.39, 0.29) is 0 Å². The van der Waals surface area contributed by atoms with Crippen molar-refractivity contribution < 1.29 is 0 Å². The molecule has 0 aromatic heterocycles. The van der Waals surface area contributed by atoms with Crippen LogP contribution in [-0.2, 0) is 0 Å². The minimum Gasteiger partial charge on any atom is -0.330 e. The van der Waals surface area contributed by atoms with Crippen molar-refractivity contribution in [1.29, 1.82) is 0 Å². The van der Waals surface area contributed by atoms with Crippen molar-refractivity contribution in [2.75, 3.05) is 6.54 Å². The van der Waals surface area contributed by atoms with Crippen LogP contribution in [0.15, 0.2) is 0 Å². The number of nitrogens with two attached hydrogens (primary N) is 1. The fourth-order valence-electron chi connectivity index (χ4n) is 3.03. The van der Waals surface area contributed by atoms with Gasteiger partial charge in [-0.25, -0.2) is 0 Å². The average Bonchev–Trinajstić information content (AvgIpc) is 2.19. The van der Waals surface area contributed by atoms with Crippen molar-refractivity contribution in [1.82, 2.24) is 0 Å². The van der Waals surface area contributed by atoms with Crippen LogP contribution in [0.2, 0.25) is 0 Å². The number of hydrogen-bond donors (Lipinski definition) is 1. The van der Waals surface area contributed by atoms with Crippen LogP contribution in [0.25, 0.3) is 0 Å². The Morgan fingerprint density at radius 3 is 2.43 bits per heavy atom. The van der Waals surface area contributed by atoms with Gasteiger partial charge in [0.05, 0.1) is 0 Å². The third kappa shape index (κ3) is 3.61. The third-order valence-electron chi connectivity index (χ3n) is 3.86. The summed E-state index contributed by atoms with van der Waals surface area (Å²) in [5, 5.41) is 0. The lowest BCUT2D eigenvalue weighted by Gasteiger charge is -2.32. The molecule has 0 aromatic carbocycles. The fourth-order valence-corrected chi connectivity index (χ4v) is 3.03. The molecule has 1 nitrogen and oxygen atoms in total. The molecule has 1 heteroatoms. The van der Waals surface area contributed by atoms with Gasteiger partial charge in [0, 0.05) is 0 Å². The standard InChI is InChI=1S/C13H27N/c1-3-6-11(2)9-12-7-4-5-8-13(12)10-14/h11-13H,3-10,14H2,1-2H3. The predicted octanol–water partition coefficient (Wildman–Crippen LogP) is 3.58. The van der Waals surface area contributed by atoms with Gasteiger partial charge >= 0.3 is 0 Å². The van der Waals surface area contributed by atoms with Gasteiger partial charge in [0.25, 0.3) is 0 Å². The molecule has 0 bridgehead atoms. The van der Waals surface area contributed by atoms with Crippen molar-refractivity contribution in [3.8, 4) is 0 Å². The zero-order valence-corrected chi connectivity index (χ0v) is 9.97. The Kier molecular flexibility index (Phi) is 5.54. The lowest BCUT2D eigenvalue weighted by atomic mass is 9.74. The van der Waals surface area contributed by atoms with Crippen molar-refractivity contribution in [3.63, 3.8) is 0 Å². The Labute approximate surface area is 89.5 Å². The molecule has 0 amide bonds. The topological polar surface area (TPSA) is 26.0 Å². The molecule has 3 atom stereocenters. The summed E-state index contributed by atoms with van der Waals surface area (Å²) < 4.78 is 0. The van der Waals surface area contributed by atoms with Crippen LogP contribution < -0.4 is 5.73 Å². The molecule has 1 rings (SSSR count). The van der Waals surface area contributed by atoms with Gasteiger partial charge in [0.15, 0.2) is 0 Å². The maximum Gasteiger partial charge on any atom is -0.00462 e. The zero-order valence-electron chi connectivity index (χ0n) is 9.97. The summed E-state index contributed by atoms with van der Waals surface area (Å²) in [6.07, 6.45) is 9.85. The van der Waals surface area contributed by atoms with E-state index in [4.69, 9.17) is 5.73 Å². The van der Waals surface area contributed by atoms with E-state index in [0.717, 1.165) is 24.3 Å². The average molecular weight is 197 g/mol. The number of hydrogen-bond acceptors (Lipinski definition) is 1. The molecule has 3 unspecified atom stereocenters. The Balaban J connectivity index is 2.32. The Hall–Kier alpha value is -0.0400. The van der Waals surface area contributed by atoms with Gasteiger partial charge in [-0.2, -0.15) is 0 Å². The Morgan fingerprint density at radius 2 is 1.86 bits per heavy atom. The zero-order chi connectivity index (χ0) is 10.4. The second kappa shape index (κ2) is 6.44. The van der Waals surface area contributed by atoms with E-state index in [0.29, 0.717) is 0 Å². The van der Waals surface area contributed by atoms with Crippen LogP contribution in [0.4, 0.5) is 0 Å². The fraction of sp³-hybridized carbons (Fsp3) is 1.00. The third-order valence-corrected chi connectivity index (χ3v) is 3.86. The van der Waals surface area contributed by atoms with Crippen LogP contribution in [0.3, 0.4) is 0 Å². The highest BCUT2D eigenvalue weighted by Gasteiger charge is 2.24. The van der Waals surface area contributed by atoms with Crippen LogP contribution in [0, 0.1) is 17.8 Å². The molecule has 1 aliphatic rings. The molecule has 0 spiro atoms. The summed E-state index contributed by atoms with van der Waals surface area (Å²) in [5.74, 6) is 2.69. The van der Waals surface area contributed by atoms with E-state index >= 15 is 0 Å². The molecular weight excluding hydrogens is 170 g/mol. The molecule has 1 saturated carbocycles.